The lowest BCUT2D eigenvalue weighted by Gasteiger charge is -2.33. The number of fused-ring (bicyclic) bond motifs is 4. The van der Waals surface area contributed by atoms with Crippen LogP contribution in [0.25, 0.3) is 52.0 Å². The number of nitrogens with one attached hydrogen (secondary N) is 2. The molecule has 2 N–H and O–H groups in total. The van der Waals surface area contributed by atoms with Crippen LogP contribution in [-0.4, -0.2) is 88.3 Å². The standard InChI is InChI=1S/C46H46N8O2S4/c1-28-32(6-4-16-53(28)18-20-55-3)42-25-35-37(13-15-48-46(35)59-42)51-31-9-11-41-39(23-31)52-44(58-41)26-56-21-19-54-17-5-7-33(29(54)2)43-24-34-36(12-14-47-45(34)60-43)50-30-8-10-40-38(22-30)49-27-57-40/h6-15,22-25,27-29H,4-5,16-21,26H2,1-3H3,(H,47,50)(H,48,51)/t28-,29?/m1/s1. The van der Waals surface area contributed by atoms with Crippen LogP contribution in [0.5, 0.6) is 0 Å². The fourth-order valence-electron chi connectivity index (χ4n) is 8.41. The molecule has 0 amide bonds. The molecule has 2 aliphatic rings. The van der Waals surface area contributed by atoms with Crippen molar-refractivity contribution in [3.05, 3.63) is 105 Å². The van der Waals surface area contributed by atoms with Gasteiger partial charge < -0.3 is 20.1 Å². The maximum atomic E-state index is 6.28. The Bertz CT molecular complexity index is 2880. The molecular weight excluding hydrogens is 825 g/mol. The first-order chi connectivity index (χ1) is 29.5. The minimum Gasteiger partial charge on any atom is -0.383 e. The molecular formula is C46H46N8O2S4. The number of anilines is 4. The quantitative estimate of drug-likeness (QED) is 0.103. The number of hydrogen-bond acceptors (Lipinski definition) is 14. The zero-order valence-electron chi connectivity index (χ0n) is 33.8. The Morgan fingerprint density at radius 3 is 1.92 bits per heavy atom. The number of nitrogens with zero attached hydrogens (tertiary/aromatic N) is 6. The molecule has 6 aromatic heterocycles. The Morgan fingerprint density at radius 1 is 0.683 bits per heavy atom. The molecule has 2 atom stereocenters. The zero-order valence-corrected chi connectivity index (χ0v) is 37.1. The summed E-state index contributed by atoms with van der Waals surface area (Å²) in [6.07, 6.45) is 10.7. The van der Waals surface area contributed by atoms with Crippen LogP contribution in [0.15, 0.2) is 90.7 Å². The first-order valence-corrected chi connectivity index (χ1v) is 23.8. The molecule has 306 valence electrons. The van der Waals surface area contributed by atoms with Gasteiger partial charge in [-0.15, -0.1) is 45.3 Å². The number of pyridine rings is 2. The van der Waals surface area contributed by atoms with Crippen LogP contribution in [0.1, 0.15) is 41.5 Å². The van der Waals surface area contributed by atoms with Gasteiger partial charge in [0.1, 0.15) is 14.7 Å². The molecule has 14 heteroatoms. The van der Waals surface area contributed by atoms with Crippen molar-refractivity contribution in [2.24, 2.45) is 0 Å². The maximum Gasteiger partial charge on any atom is 0.125 e. The van der Waals surface area contributed by atoms with Crippen LogP contribution in [0.3, 0.4) is 0 Å². The van der Waals surface area contributed by atoms with Crippen molar-refractivity contribution in [3.63, 3.8) is 0 Å². The Labute approximate surface area is 365 Å². The van der Waals surface area contributed by atoms with Gasteiger partial charge in [0.15, 0.2) is 0 Å². The number of benzene rings is 2. The average molecular weight is 871 g/mol. The molecule has 2 aliphatic heterocycles. The summed E-state index contributed by atoms with van der Waals surface area (Å²) in [5, 5.41) is 10.6. The van der Waals surface area contributed by atoms with Gasteiger partial charge in [-0.2, -0.15) is 0 Å². The average Bonchev–Trinajstić information content (AvgIpc) is 4.08. The van der Waals surface area contributed by atoms with Crippen LogP contribution in [-0.2, 0) is 16.1 Å². The van der Waals surface area contributed by atoms with E-state index in [1.165, 1.54) is 25.6 Å². The summed E-state index contributed by atoms with van der Waals surface area (Å²) in [6.45, 7) is 10.4. The molecule has 8 aromatic rings. The molecule has 8 heterocycles. The van der Waals surface area contributed by atoms with Gasteiger partial charge in [0.25, 0.3) is 0 Å². The minimum absolute atomic E-state index is 0.277. The van der Waals surface area contributed by atoms with Gasteiger partial charge in [0.2, 0.25) is 0 Å². The second-order valence-electron chi connectivity index (χ2n) is 15.3. The second kappa shape index (κ2) is 17.4. The topological polar surface area (TPSA) is 101 Å². The van der Waals surface area contributed by atoms with Gasteiger partial charge in [-0.05, 0) is 98.5 Å². The normalized spacial score (nSPS) is 17.9. The minimum atomic E-state index is 0.277. The number of aromatic nitrogens is 4. The molecule has 10 rings (SSSR count). The van der Waals surface area contributed by atoms with Crippen molar-refractivity contribution >= 4 is 120 Å². The highest BCUT2D eigenvalue weighted by molar-refractivity contribution is 7.20. The number of thiophene rings is 2. The van der Waals surface area contributed by atoms with E-state index in [1.807, 2.05) is 17.9 Å². The number of methoxy groups -OCH3 is 1. The Hall–Kier alpha value is -4.64. The summed E-state index contributed by atoms with van der Waals surface area (Å²) in [7, 11) is 1.77. The van der Waals surface area contributed by atoms with Gasteiger partial charge in [-0.25, -0.2) is 19.9 Å². The number of ether oxygens (including phenoxy) is 2. The third-order valence-electron chi connectivity index (χ3n) is 11.6. The van der Waals surface area contributed by atoms with E-state index in [0.717, 1.165) is 110 Å². The first kappa shape index (κ1) is 39.5. The molecule has 0 fully saturated rings. The molecule has 0 saturated carbocycles. The van der Waals surface area contributed by atoms with E-state index in [-0.39, 0.29) is 6.04 Å². The van der Waals surface area contributed by atoms with E-state index in [4.69, 9.17) is 24.4 Å². The lowest BCUT2D eigenvalue weighted by atomic mass is 9.99. The van der Waals surface area contributed by atoms with Gasteiger partial charge in [0.05, 0.1) is 57.1 Å². The fourth-order valence-corrected chi connectivity index (χ4v) is 12.3. The Balaban J connectivity index is 0.757. The summed E-state index contributed by atoms with van der Waals surface area (Å²) < 4.78 is 14.0. The van der Waals surface area contributed by atoms with Crippen LogP contribution < -0.4 is 10.6 Å². The SMILES string of the molecule is COCCN1CCC=C(c2cc3c(Nc4ccc5sc(COCCN6CCC=C(c7cc8c(Nc9ccc%10scnc%10c9)ccnc8s7)C6C)nc5c4)ccnc3s2)[C@H]1C. The molecule has 0 bridgehead atoms. The molecule has 10 nitrogen and oxygen atoms in total. The fraction of sp³-hybridized carbons (Fsp3) is 0.304. The van der Waals surface area contributed by atoms with Gasteiger partial charge in [0, 0.05) is 89.7 Å². The monoisotopic (exact) mass is 870 g/mol. The van der Waals surface area contributed by atoms with E-state index < -0.39 is 0 Å². The van der Waals surface area contributed by atoms with E-state index in [2.05, 4.69) is 112 Å². The van der Waals surface area contributed by atoms with Crippen LogP contribution in [0.2, 0.25) is 0 Å². The van der Waals surface area contributed by atoms with Crippen molar-refractivity contribution in [2.45, 2.75) is 45.4 Å². The number of hydrogen-bond donors (Lipinski definition) is 2. The van der Waals surface area contributed by atoms with Crippen molar-refractivity contribution in [1.82, 2.24) is 29.7 Å². The maximum absolute atomic E-state index is 6.28. The first-order valence-electron chi connectivity index (χ1n) is 20.5. The lowest BCUT2D eigenvalue weighted by molar-refractivity contribution is 0.0867. The van der Waals surface area contributed by atoms with Crippen LogP contribution in [0, 0.1) is 0 Å². The number of rotatable bonds is 14. The summed E-state index contributed by atoms with van der Waals surface area (Å²) in [5.41, 5.74) is 10.8. The van der Waals surface area contributed by atoms with Gasteiger partial charge in [-0.3, -0.25) is 9.80 Å². The molecule has 0 saturated heterocycles. The van der Waals surface area contributed by atoms with Crippen molar-refractivity contribution in [1.29, 1.82) is 0 Å². The van der Waals surface area contributed by atoms with Crippen molar-refractivity contribution in [2.75, 3.05) is 57.1 Å². The van der Waals surface area contributed by atoms with Gasteiger partial charge >= 0.3 is 0 Å². The largest absolute Gasteiger partial charge is 0.383 e. The Kier molecular flexibility index (Phi) is 11.4. The lowest BCUT2D eigenvalue weighted by Crippen LogP contribution is -2.39. The van der Waals surface area contributed by atoms with Crippen LogP contribution in [0.4, 0.5) is 22.7 Å². The molecule has 0 spiro atoms. The highest BCUT2D eigenvalue weighted by Gasteiger charge is 2.26. The van der Waals surface area contributed by atoms with E-state index in [1.54, 1.807) is 52.5 Å². The predicted molar refractivity (Wildman–Crippen MR) is 254 cm³/mol. The zero-order chi connectivity index (χ0) is 40.6. The third-order valence-corrected chi connectivity index (χ3v) is 15.7. The molecule has 2 aromatic carbocycles. The molecule has 60 heavy (non-hydrogen) atoms. The van der Waals surface area contributed by atoms with E-state index in [0.29, 0.717) is 19.3 Å². The summed E-state index contributed by atoms with van der Waals surface area (Å²) in [6, 6.07) is 22.1. The highest BCUT2D eigenvalue weighted by Crippen LogP contribution is 2.40. The summed E-state index contributed by atoms with van der Waals surface area (Å²) in [5.74, 6) is 0. The van der Waals surface area contributed by atoms with E-state index >= 15 is 0 Å². The van der Waals surface area contributed by atoms with Crippen LogP contribution >= 0.6 is 45.3 Å². The summed E-state index contributed by atoms with van der Waals surface area (Å²) >= 11 is 6.90. The second-order valence-corrected chi connectivity index (χ2v) is 19.4. The third kappa shape index (κ3) is 8.10. The number of thiazole rings is 2. The molecule has 0 aliphatic carbocycles. The summed E-state index contributed by atoms with van der Waals surface area (Å²) in [4.78, 5) is 28.6. The smallest absolute Gasteiger partial charge is 0.125 e. The molecule has 0 radical (unpaired) electrons. The molecule has 1 unspecified atom stereocenters. The predicted octanol–water partition coefficient (Wildman–Crippen LogP) is 11.4. The van der Waals surface area contributed by atoms with Gasteiger partial charge in [-0.1, -0.05) is 12.2 Å². The highest BCUT2D eigenvalue weighted by atomic mass is 32.1. The van der Waals surface area contributed by atoms with Crippen molar-refractivity contribution < 1.29 is 9.47 Å². The van der Waals surface area contributed by atoms with Crippen molar-refractivity contribution in [3.8, 4) is 0 Å². The van der Waals surface area contributed by atoms with E-state index in [9.17, 15) is 0 Å². The Morgan fingerprint density at radius 2 is 1.28 bits per heavy atom.